The molecule has 0 fully saturated rings. The van der Waals surface area contributed by atoms with Gasteiger partial charge in [0.2, 0.25) is 15.9 Å². The molecule has 1 N–H and O–H groups in total. The van der Waals surface area contributed by atoms with Gasteiger partial charge in [0.25, 0.3) is 0 Å². The number of sulfonamides is 1. The number of hydrogen-bond donors (Lipinski definition) is 1. The molecule has 30 heavy (non-hydrogen) atoms. The van der Waals surface area contributed by atoms with Crippen molar-refractivity contribution in [2.45, 2.75) is 33.2 Å². The van der Waals surface area contributed by atoms with E-state index in [1.54, 1.807) is 32.9 Å². The molecule has 1 amide bonds. The van der Waals surface area contributed by atoms with Gasteiger partial charge in [0, 0.05) is 5.69 Å². The summed E-state index contributed by atoms with van der Waals surface area (Å²) in [7, 11) is -3.95. The Morgan fingerprint density at radius 1 is 1.17 bits per heavy atom. The summed E-state index contributed by atoms with van der Waals surface area (Å²) in [5.74, 6) is -1.84. The Bertz CT molecular complexity index is 1040. The summed E-state index contributed by atoms with van der Waals surface area (Å²) in [4.78, 5) is 24.8. The molecule has 0 spiro atoms. The summed E-state index contributed by atoms with van der Waals surface area (Å²) in [6.45, 7) is 5.28. The predicted octanol–water partition coefficient (Wildman–Crippen LogP) is 3.49. The van der Waals surface area contributed by atoms with Crippen molar-refractivity contribution >= 4 is 33.3 Å². The average molecular weight is 437 g/mol. The van der Waals surface area contributed by atoms with Gasteiger partial charge < -0.3 is 10.1 Å². The highest BCUT2D eigenvalue weighted by Crippen LogP contribution is 2.26. The van der Waals surface area contributed by atoms with Gasteiger partial charge in [-0.05, 0) is 56.2 Å². The van der Waals surface area contributed by atoms with Gasteiger partial charge in [-0.15, -0.1) is 0 Å². The monoisotopic (exact) mass is 436 g/mol. The summed E-state index contributed by atoms with van der Waals surface area (Å²) in [6.07, 6.45) is 1.04. The quantitative estimate of drug-likeness (QED) is 0.640. The number of aryl methyl sites for hydroxylation is 1. The SMILES string of the molecule is CCOC(=O)c1ccc(NC(=O)[C@H](CC)N(c2ccccc2F)S(C)(=O)=O)c(C)c1. The Morgan fingerprint density at radius 3 is 2.37 bits per heavy atom. The van der Waals surface area contributed by atoms with E-state index in [0.29, 0.717) is 16.8 Å². The smallest absolute Gasteiger partial charge is 0.338 e. The fraction of sp³-hybridized carbons (Fsp3) is 0.333. The normalized spacial score (nSPS) is 12.2. The van der Waals surface area contributed by atoms with Crippen LogP contribution in [0.5, 0.6) is 0 Å². The molecule has 0 aliphatic rings. The predicted molar refractivity (Wildman–Crippen MR) is 114 cm³/mol. The van der Waals surface area contributed by atoms with Gasteiger partial charge in [0.15, 0.2) is 0 Å². The third kappa shape index (κ3) is 5.35. The first-order valence-electron chi connectivity index (χ1n) is 9.42. The number of esters is 1. The van der Waals surface area contributed by atoms with E-state index in [4.69, 9.17) is 4.74 Å². The number of nitrogens with zero attached hydrogens (tertiary/aromatic N) is 1. The van der Waals surface area contributed by atoms with Crippen LogP contribution in [0, 0.1) is 12.7 Å². The number of carbonyl (C=O) groups excluding carboxylic acids is 2. The summed E-state index contributed by atoms with van der Waals surface area (Å²) in [6, 6.07) is 8.84. The number of anilines is 2. The van der Waals surface area contributed by atoms with Crippen LogP contribution in [0.2, 0.25) is 0 Å². The maximum Gasteiger partial charge on any atom is 0.338 e. The van der Waals surface area contributed by atoms with Crippen molar-refractivity contribution in [3.05, 3.63) is 59.4 Å². The Kier molecular flexibility index (Phi) is 7.55. The highest BCUT2D eigenvalue weighted by Gasteiger charge is 2.33. The zero-order chi connectivity index (χ0) is 22.5. The maximum absolute atomic E-state index is 14.3. The van der Waals surface area contributed by atoms with E-state index in [1.165, 1.54) is 24.3 Å². The number of ether oxygens (including phenoxy) is 1. The van der Waals surface area contributed by atoms with Crippen molar-refractivity contribution in [3.63, 3.8) is 0 Å². The molecule has 0 aromatic heterocycles. The lowest BCUT2D eigenvalue weighted by molar-refractivity contribution is -0.117. The first-order chi connectivity index (χ1) is 14.1. The molecule has 2 rings (SSSR count). The van der Waals surface area contributed by atoms with E-state index >= 15 is 0 Å². The molecule has 9 heteroatoms. The maximum atomic E-state index is 14.3. The molecular weight excluding hydrogens is 411 g/mol. The molecule has 0 heterocycles. The van der Waals surface area contributed by atoms with E-state index in [9.17, 15) is 22.4 Å². The lowest BCUT2D eigenvalue weighted by Crippen LogP contribution is -2.47. The van der Waals surface area contributed by atoms with Gasteiger partial charge in [-0.1, -0.05) is 19.1 Å². The minimum atomic E-state index is -3.95. The lowest BCUT2D eigenvalue weighted by Gasteiger charge is -2.30. The van der Waals surface area contributed by atoms with Crippen molar-refractivity contribution in [1.29, 1.82) is 0 Å². The van der Waals surface area contributed by atoms with Crippen LogP contribution in [0.3, 0.4) is 0 Å². The number of halogens is 1. The van der Waals surface area contributed by atoms with E-state index in [0.717, 1.165) is 16.6 Å². The van der Waals surface area contributed by atoms with Gasteiger partial charge in [0.1, 0.15) is 11.9 Å². The number of hydrogen-bond acceptors (Lipinski definition) is 5. The largest absolute Gasteiger partial charge is 0.462 e. The first-order valence-corrected chi connectivity index (χ1v) is 11.3. The molecule has 0 aliphatic heterocycles. The molecule has 2 aromatic rings. The highest BCUT2D eigenvalue weighted by atomic mass is 32.2. The second kappa shape index (κ2) is 9.71. The highest BCUT2D eigenvalue weighted by molar-refractivity contribution is 7.92. The van der Waals surface area contributed by atoms with Crippen molar-refractivity contribution < 1.29 is 27.1 Å². The molecule has 7 nitrogen and oxygen atoms in total. The average Bonchev–Trinajstić information content (AvgIpc) is 2.67. The molecule has 0 aliphatic carbocycles. The van der Waals surface area contributed by atoms with Gasteiger partial charge in [-0.2, -0.15) is 0 Å². The van der Waals surface area contributed by atoms with Crippen LogP contribution in [-0.4, -0.2) is 39.2 Å². The molecule has 162 valence electrons. The number of carbonyl (C=O) groups is 2. The van der Waals surface area contributed by atoms with Crippen LogP contribution in [-0.2, 0) is 19.6 Å². The van der Waals surface area contributed by atoms with Crippen molar-refractivity contribution in [1.82, 2.24) is 0 Å². The van der Waals surface area contributed by atoms with Crippen molar-refractivity contribution in [2.75, 3.05) is 22.5 Å². The number of nitrogens with one attached hydrogen (secondary N) is 1. The first kappa shape index (κ1) is 23.3. The van der Waals surface area contributed by atoms with Gasteiger partial charge in [-0.3, -0.25) is 9.10 Å². The van der Waals surface area contributed by atoms with E-state index in [2.05, 4.69) is 5.32 Å². The molecular formula is C21H25FN2O5S. The molecule has 2 aromatic carbocycles. The van der Waals surface area contributed by atoms with E-state index in [1.807, 2.05) is 0 Å². The van der Waals surface area contributed by atoms with E-state index < -0.39 is 33.8 Å². The standard InChI is InChI=1S/C21H25FN2O5S/c1-5-18(24(30(4,27)28)19-10-8-7-9-16(19)22)20(25)23-17-12-11-15(13-14(17)3)21(26)29-6-2/h7-13,18H,5-6H2,1-4H3,(H,23,25)/t18-/m0/s1. The Balaban J connectivity index is 2.35. The lowest BCUT2D eigenvalue weighted by atomic mass is 10.1. The van der Waals surface area contributed by atoms with Gasteiger partial charge in [-0.25, -0.2) is 17.6 Å². The molecule has 0 saturated carbocycles. The fourth-order valence-corrected chi connectivity index (χ4v) is 4.24. The minimum Gasteiger partial charge on any atom is -0.462 e. The molecule has 0 saturated heterocycles. The molecule has 0 unspecified atom stereocenters. The summed E-state index contributed by atoms with van der Waals surface area (Å²) < 4.78 is 44.9. The van der Waals surface area contributed by atoms with Crippen LogP contribution in [0.1, 0.15) is 36.2 Å². The number of benzene rings is 2. The van der Waals surface area contributed by atoms with Gasteiger partial charge in [0.05, 0.1) is 24.1 Å². The zero-order valence-corrected chi connectivity index (χ0v) is 18.1. The second-order valence-electron chi connectivity index (χ2n) is 6.67. The Morgan fingerprint density at radius 2 is 1.83 bits per heavy atom. The third-order valence-electron chi connectivity index (χ3n) is 4.42. The fourth-order valence-electron chi connectivity index (χ4n) is 3.03. The second-order valence-corrected chi connectivity index (χ2v) is 8.53. The third-order valence-corrected chi connectivity index (χ3v) is 5.58. The number of para-hydroxylation sites is 1. The zero-order valence-electron chi connectivity index (χ0n) is 17.3. The Hall–Kier alpha value is -2.94. The van der Waals surface area contributed by atoms with Crippen molar-refractivity contribution in [3.8, 4) is 0 Å². The van der Waals surface area contributed by atoms with Crippen molar-refractivity contribution in [2.24, 2.45) is 0 Å². The summed E-state index contributed by atoms with van der Waals surface area (Å²) in [5.41, 5.74) is 1.15. The minimum absolute atomic E-state index is 0.118. The van der Waals surface area contributed by atoms with E-state index in [-0.39, 0.29) is 18.7 Å². The van der Waals surface area contributed by atoms with Crippen LogP contribution in [0.25, 0.3) is 0 Å². The van der Waals surface area contributed by atoms with Crippen LogP contribution in [0.15, 0.2) is 42.5 Å². The van der Waals surface area contributed by atoms with Crippen LogP contribution in [0.4, 0.5) is 15.8 Å². The Labute approximate surface area is 175 Å². The molecule has 0 radical (unpaired) electrons. The molecule has 0 bridgehead atoms. The number of amides is 1. The van der Waals surface area contributed by atoms with Crippen LogP contribution >= 0.6 is 0 Å². The van der Waals surface area contributed by atoms with Crippen LogP contribution < -0.4 is 9.62 Å². The number of rotatable bonds is 8. The topological polar surface area (TPSA) is 92.8 Å². The van der Waals surface area contributed by atoms with Gasteiger partial charge >= 0.3 is 5.97 Å². The summed E-state index contributed by atoms with van der Waals surface area (Å²) >= 11 is 0. The summed E-state index contributed by atoms with van der Waals surface area (Å²) in [5, 5.41) is 2.68. The molecule has 1 atom stereocenters.